The Hall–Kier alpha value is -6.11. The summed E-state index contributed by atoms with van der Waals surface area (Å²) >= 11 is 0. The molecule has 0 aromatic heterocycles. The van der Waals surface area contributed by atoms with Gasteiger partial charge in [-0.1, -0.05) is 50.3 Å². The zero-order chi connectivity index (χ0) is 43.0. The van der Waals surface area contributed by atoms with Crippen molar-refractivity contribution in [2.75, 3.05) is 47.6 Å². The molecule has 0 spiro atoms. The number of hydrogen-bond acceptors (Lipinski definition) is 12. The Kier molecular flexibility index (Phi) is 26.7. The number of aldehydes is 1. The molecular formula is C46H58N2O10. The van der Waals surface area contributed by atoms with Crippen LogP contribution < -0.4 is 19.5 Å². The minimum atomic E-state index is -0.564. The van der Waals surface area contributed by atoms with Crippen molar-refractivity contribution in [1.82, 2.24) is 5.32 Å². The smallest absolute Gasteiger partial charge is 0.343 e. The van der Waals surface area contributed by atoms with Crippen LogP contribution in [0, 0.1) is 19.3 Å². The summed E-state index contributed by atoms with van der Waals surface area (Å²) < 4.78 is 30.9. The van der Waals surface area contributed by atoms with Gasteiger partial charge in [0, 0.05) is 44.1 Å². The van der Waals surface area contributed by atoms with E-state index in [9.17, 15) is 19.2 Å². The number of aryl methyl sites for hydroxylation is 2. The second kappa shape index (κ2) is 31.0. The summed E-state index contributed by atoms with van der Waals surface area (Å²) in [4.78, 5) is 45.7. The number of carbonyl (C=O) groups excluding carboxylic acids is 4. The van der Waals surface area contributed by atoms with Gasteiger partial charge in [-0.25, -0.2) is 14.4 Å². The third kappa shape index (κ3) is 21.3. The highest BCUT2D eigenvalue weighted by Crippen LogP contribution is 2.25. The van der Waals surface area contributed by atoms with Gasteiger partial charge in [-0.3, -0.25) is 4.79 Å². The van der Waals surface area contributed by atoms with Crippen LogP contribution in [0.5, 0.6) is 17.2 Å². The molecule has 12 heteroatoms. The third-order valence-corrected chi connectivity index (χ3v) is 7.76. The van der Waals surface area contributed by atoms with Gasteiger partial charge in [0.15, 0.2) is 0 Å². The standard InChI is InChI=1S/C30H33NO7.C11H12O2.C5H13NO/c1-4-6-7-8-16-35-25-12-14-27(24(20-25)21-31)38-30(34)26-13-10-23(19-22(26)3)11-15-29(33)37-18-9-17-36-28(32)5-2;1-9-5-6-10(4-3-7-12)8-11(9)13-2;1-6-4-3-5-7-2/h5,8,10-16,19-21,31H,2,4,6-7,9,17-18H2,1,3H3;3-8H,1-2H3;6H,3-5H2,1-2H3/b15-11+,16-8+,31-21?;4-3+;. The van der Waals surface area contributed by atoms with Gasteiger partial charge in [-0.05, 0) is 118 Å². The molecule has 0 fully saturated rings. The Bertz CT molecular complexity index is 1830. The van der Waals surface area contributed by atoms with Crippen LogP contribution in [0.25, 0.3) is 12.2 Å². The van der Waals surface area contributed by atoms with Gasteiger partial charge in [-0.15, -0.1) is 0 Å². The Morgan fingerprint density at radius 2 is 1.55 bits per heavy atom. The van der Waals surface area contributed by atoms with Gasteiger partial charge in [-0.2, -0.15) is 0 Å². The monoisotopic (exact) mass is 798 g/mol. The normalized spacial score (nSPS) is 10.5. The lowest BCUT2D eigenvalue weighted by atomic mass is 10.0. The van der Waals surface area contributed by atoms with E-state index in [4.69, 9.17) is 33.8 Å². The molecular weight excluding hydrogens is 741 g/mol. The summed E-state index contributed by atoms with van der Waals surface area (Å²) in [6, 6.07) is 15.7. The number of unbranched alkanes of at least 4 members (excludes halogenated alkanes) is 2. The maximum atomic E-state index is 12.8. The molecule has 12 nitrogen and oxygen atoms in total. The minimum absolute atomic E-state index is 0.109. The zero-order valence-electron chi connectivity index (χ0n) is 34.5. The molecule has 2 N–H and O–H groups in total. The molecule has 58 heavy (non-hydrogen) atoms. The Balaban J connectivity index is 0.000000683. The summed E-state index contributed by atoms with van der Waals surface area (Å²) in [5.74, 6) is 0.00145. The maximum absolute atomic E-state index is 12.8. The highest BCUT2D eigenvalue weighted by molar-refractivity contribution is 5.95. The molecule has 0 aliphatic carbocycles. The first-order valence-electron chi connectivity index (χ1n) is 18.9. The fourth-order valence-electron chi connectivity index (χ4n) is 4.66. The number of esters is 3. The predicted molar refractivity (Wildman–Crippen MR) is 229 cm³/mol. The Morgan fingerprint density at radius 1 is 0.828 bits per heavy atom. The van der Waals surface area contributed by atoms with Gasteiger partial charge in [0.2, 0.25) is 0 Å². The SMILES string of the molecule is C=CC(=O)OCCCOC(=O)/C=C/c1ccc(C(=O)Oc2ccc(O/C=C/CCCC)cc2C=N)c(C)c1.CNCCCOC.COc1cc(/C=C/C=O)ccc1C. The molecule has 3 aromatic rings. The lowest BCUT2D eigenvalue weighted by Gasteiger charge is -2.11. The van der Waals surface area contributed by atoms with E-state index >= 15 is 0 Å². The topological polar surface area (TPSA) is 160 Å². The summed E-state index contributed by atoms with van der Waals surface area (Å²) in [5, 5.41) is 10.7. The molecule has 312 valence electrons. The second-order valence-electron chi connectivity index (χ2n) is 12.3. The summed E-state index contributed by atoms with van der Waals surface area (Å²) in [6.45, 7) is 11.3. The number of allylic oxidation sites excluding steroid dienone is 2. The quantitative estimate of drug-likeness (QED) is 0.0191. The highest BCUT2D eigenvalue weighted by Gasteiger charge is 2.14. The van der Waals surface area contributed by atoms with Crippen LogP contribution in [0.3, 0.4) is 0 Å². The fraction of sp³-hybridized carbons (Fsp3) is 0.326. The highest BCUT2D eigenvalue weighted by atomic mass is 16.5. The van der Waals surface area contributed by atoms with Crippen molar-refractivity contribution in [1.29, 1.82) is 5.41 Å². The Labute approximate surface area is 343 Å². The van der Waals surface area contributed by atoms with E-state index < -0.39 is 17.9 Å². The van der Waals surface area contributed by atoms with Crippen LogP contribution in [0.2, 0.25) is 0 Å². The van der Waals surface area contributed by atoms with Crippen molar-refractivity contribution in [3.63, 3.8) is 0 Å². The summed E-state index contributed by atoms with van der Waals surface area (Å²) in [5.41, 5.74) is 4.18. The molecule has 3 aromatic carbocycles. The van der Waals surface area contributed by atoms with E-state index in [1.54, 1.807) is 76.0 Å². The average Bonchev–Trinajstić information content (AvgIpc) is 3.23. The number of methoxy groups -OCH3 is 2. The summed E-state index contributed by atoms with van der Waals surface area (Å²) in [6.07, 6.45) is 17.1. The van der Waals surface area contributed by atoms with Crippen molar-refractivity contribution in [2.24, 2.45) is 0 Å². The molecule has 3 rings (SSSR count). The van der Waals surface area contributed by atoms with Crippen LogP contribution in [0.15, 0.2) is 91.7 Å². The molecule has 0 saturated carbocycles. The lowest BCUT2D eigenvalue weighted by Crippen LogP contribution is -2.11. The van der Waals surface area contributed by atoms with Crippen molar-refractivity contribution in [3.8, 4) is 17.2 Å². The van der Waals surface area contributed by atoms with Crippen LogP contribution in [0.4, 0.5) is 0 Å². The van der Waals surface area contributed by atoms with Gasteiger partial charge in [0.1, 0.15) is 23.5 Å². The average molecular weight is 799 g/mol. The molecule has 0 bridgehead atoms. The first-order valence-corrected chi connectivity index (χ1v) is 18.9. The van der Waals surface area contributed by atoms with Crippen molar-refractivity contribution in [2.45, 2.75) is 52.9 Å². The fourth-order valence-corrected chi connectivity index (χ4v) is 4.66. The van der Waals surface area contributed by atoms with E-state index in [0.29, 0.717) is 34.4 Å². The molecule has 0 aliphatic heterocycles. The first-order chi connectivity index (χ1) is 28.1. The summed E-state index contributed by atoms with van der Waals surface area (Å²) in [7, 11) is 5.29. The van der Waals surface area contributed by atoms with Crippen molar-refractivity contribution in [3.05, 3.63) is 125 Å². The number of ether oxygens (including phenoxy) is 6. The predicted octanol–water partition coefficient (Wildman–Crippen LogP) is 8.43. The zero-order valence-corrected chi connectivity index (χ0v) is 34.5. The molecule has 0 radical (unpaired) electrons. The van der Waals surface area contributed by atoms with E-state index in [1.807, 2.05) is 38.2 Å². The van der Waals surface area contributed by atoms with Gasteiger partial charge in [0.25, 0.3) is 0 Å². The van der Waals surface area contributed by atoms with E-state index in [2.05, 4.69) is 18.8 Å². The van der Waals surface area contributed by atoms with Crippen LogP contribution in [0.1, 0.15) is 77.2 Å². The number of rotatable bonds is 22. The van der Waals surface area contributed by atoms with E-state index in [1.165, 1.54) is 12.2 Å². The van der Waals surface area contributed by atoms with Gasteiger partial charge < -0.3 is 39.1 Å². The molecule has 0 amide bonds. The van der Waals surface area contributed by atoms with Crippen LogP contribution >= 0.6 is 0 Å². The van der Waals surface area contributed by atoms with Crippen molar-refractivity contribution >= 4 is 42.6 Å². The van der Waals surface area contributed by atoms with Crippen molar-refractivity contribution < 1.29 is 47.6 Å². The van der Waals surface area contributed by atoms with E-state index in [-0.39, 0.29) is 19.0 Å². The maximum Gasteiger partial charge on any atom is 0.343 e. The molecule has 0 aliphatic rings. The number of hydrogen-bond donors (Lipinski definition) is 2. The number of carbonyl (C=O) groups is 4. The van der Waals surface area contributed by atoms with Crippen LogP contribution in [-0.2, 0) is 28.6 Å². The third-order valence-electron chi connectivity index (χ3n) is 7.76. The molecule has 0 unspecified atom stereocenters. The molecule has 0 atom stereocenters. The van der Waals surface area contributed by atoms with Gasteiger partial charge >= 0.3 is 17.9 Å². The molecule has 0 saturated heterocycles. The second-order valence-corrected chi connectivity index (χ2v) is 12.3. The van der Waals surface area contributed by atoms with Crippen LogP contribution in [-0.4, -0.2) is 78.0 Å². The largest absolute Gasteiger partial charge is 0.496 e. The number of benzene rings is 3. The van der Waals surface area contributed by atoms with Gasteiger partial charge in [0.05, 0.1) is 32.1 Å². The minimum Gasteiger partial charge on any atom is -0.496 e. The molecule has 0 heterocycles. The Morgan fingerprint density at radius 3 is 2.19 bits per heavy atom. The number of nitrogens with one attached hydrogen (secondary N) is 2. The first kappa shape index (κ1) is 49.9. The lowest BCUT2D eigenvalue weighted by molar-refractivity contribution is -0.140. The van der Waals surface area contributed by atoms with E-state index in [0.717, 1.165) is 74.3 Å².